The predicted molar refractivity (Wildman–Crippen MR) is 116 cm³/mol. The van der Waals surface area contributed by atoms with E-state index in [2.05, 4.69) is 25.4 Å². The Bertz CT molecular complexity index is 1220. The molecular weight excluding hydrogens is 432 g/mol. The molecule has 3 aromatic heterocycles. The van der Waals surface area contributed by atoms with E-state index < -0.39 is 15.9 Å². The number of rotatable bonds is 7. The maximum atomic E-state index is 13.3. The van der Waals surface area contributed by atoms with E-state index in [9.17, 15) is 13.2 Å². The number of fused-ring (bicyclic) bond motifs is 1. The molecule has 1 aliphatic heterocycles. The number of nitrogens with one attached hydrogen (secondary N) is 1. The molecule has 32 heavy (non-hydrogen) atoms. The minimum Gasteiger partial charge on any atom is -0.381 e. The highest BCUT2D eigenvalue weighted by molar-refractivity contribution is 7.92. The van der Waals surface area contributed by atoms with Crippen LogP contribution in [0, 0.1) is 5.92 Å². The summed E-state index contributed by atoms with van der Waals surface area (Å²) in [7, 11) is -3.43. The second-order valence-corrected chi connectivity index (χ2v) is 10.5. The first-order chi connectivity index (χ1) is 15.5. The molecule has 2 fully saturated rings. The van der Waals surface area contributed by atoms with Gasteiger partial charge in [0.05, 0.1) is 27.9 Å². The summed E-state index contributed by atoms with van der Waals surface area (Å²) in [5.41, 5.74) is 0.387. The van der Waals surface area contributed by atoms with Crippen LogP contribution in [0.5, 0.6) is 0 Å². The van der Waals surface area contributed by atoms with Gasteiger partial charge in [0.2, 0.25) is 0 Å². The van der Waals surface area contributed by atoms with E-state index in [0.29, 0.717) is 49.3 Å². The summed E-state index contributed by atoms with van der Waals surface area (Å²) < 4.78 is 32.8. The van der Waals surface area contributed by atoms with Gasteiger partial charge in [0.25, 0.3) is 5.91 Å². The molecule has 168 valence electrons. The molecule has 0 unspecified atom stereocenters. The van der Waals surface area contributed by atoms with Crippen molar-refractivity contribution in [1.82, 2.24) is 24.7 Å². The van der Waals surface area contributed by atoms with Crippen LogP contribution in [0.2, 0.25) is 0 Å². The highest BCUT2D eigenvalue weighted by atomic mass is 32.2. The predicted octanol–water partition coefficient (Wildman–Crippen LogP) is 2.15. The molecule has 2 aliphatic rings. The molecule has 1 saturated heterocycles. The molecule has 0 spiro atoms. The Morgan fingerprint density at radius 3 is 2.66 bits per heavy atom. The molecule has 0 bridgehead atoms. The van der Waals surface area contributed by atoms with Gasteiger partial charge in [-0.3, -0.25) is 9.78 Å². The molecular formula is C21H24N6O4S. The van der Waals surface area contributed by atoms with E-state index in [4.69, 9.17) is 4.74 Å². The van der Waals surface area contributed by atoms with Crippen LogP contribution >= 0.6 is 0 Å². The molecule has 4 heterocycles. The highest BCUT2D eigenvalue weighted by Gasteiger charge is 2.38. The van der Waals surface area contributed by atoms with Gasteiger partial charge in [0.1, 0.15) is 6.04 Å². The Labute approximate surface area is 185 Å². The van der Waals surface area contributed by atoms with Gasteiger partial charge in [-0.2, -0.15) is 5.10 Å². The Morgan fingerprint density at radius 1 is 1.12 bits per heavy atom. The van der Waals surface area contributed by atoms with Gasteiger partial charge in [-0.05, 0) is 44.1 Å². The second kappa shape index (κ2) is 8.55. The van der Waals surface area contributed by atoms with E-state index in [1.165, 1.54) is 37.1 Å². The van der Waals surface area contributed by atoms with Crippen LogP contribution in [0.1, 0.15) is 38.1 Å². The fraction of sp³-hybridized carbons (Fsp3) is 0.476. The van der Waals surface area contributed by atoms with Crippen LogP contribution in [0.25, 0.3) is 11.0 Å². The number of carbonyl (C=O) groups excluding carboxylic acids is 1. The maximum Gasteiger partial charge on any atom is 0.250 e. The number of anilines is 1. The van der Waals surface area contributed by atoms with Crippen molar-refractivity contribution >= 4 is 32.6 Å². The minimum absolute atomic E-state index is 0.232. The average molecular weight is 457 g/mol. The van der Waals surface area contributed by atoms with E-state index in [-0.39, 0.29) is 22.0 Å². The standard InChI is InChI=1S/C21H24N6O4S/c28-21(26-19-13-22-7-8-23-19)17(11-14-4-9-31-10-5-14)27-20-16(12-25-27)18(3-6-24-20)32(29,30)15-1-2-15/h3,6-8,12-15,17H,1-2,4-5,9-11H2,(H,23,26,28)/t17-/m1/s1. The minimum atomic E-state index is -3.43. The summed E-state index contributed by atoms with van der Waals surface area (Å²) in [4.78, 5) is 26.1. The summed E-state index contributed by atoms with van der Waals surface area (Å²) in [6.07, 6.45) is 11.1. The quantitative estimate of drug-likeness (QED) is 0.573. The van der Waals surface area contributed by atoms with Crippen LogP contribution in [0.3, 0.4) is 0 Å². The topological polar surface area (TPSA) is 129 Å². The summed E-state index contributed by atoms with van der Waals surface area (Å²) in [5.74, 6) is 0.328. The number of nitrogens with zero attached hydrogens (tertiary/aromatic N) is 5. The maximum absolute atomic E-state index is 13.3. The normalized spacial score (nSPS) is 18.5. The van der Waals surface area contributed by atoms with Crippen molar-refractivity contribution in [2.75, 3.05) is 18.5 Å². The van der Waals surface area contributed by atoms with Gasteiger partial charge in [0.15, 0.2) is 21.3 Å². The molecule has 11 heteroatoms. The van der Waals surface area contributed by atoms with Crippen molar-refractivity contribution in [2.45, 2.75) is 48.3 Å². The molecule has 5 rings (SSSR count). The third-order valence-corrected chi connectivity index (χ3v) is 8.35. The summed E-state index contributed by atoms with van der Waals surface area (Å²) in [5, 5.41) is 7.36. The van der Waals surface area contributed by atoms with Crippen molar-refractivity contribution in [3.63, 3.8) is 0 Å². The molecule has 0 aromatic carbocycles. The Hall–Kier alpha value is -2.92. The lowest BCUT2D eigenvalue weighted by atomic mass is 9.92. The first-order valence-corrected chi connectivity index (χ1v) is 12.3. The van der Waals surface area contributed by atoms with Crippen LogP contribution in [-0.4, -0.2) is 57.5 Å². The molecule has 3 aromatic rings. The third-order valence-electron chi connectivity index (χ3n) is 6.04. The van der Waals surface area contributed by atoms with Gasteiger partial charge in [-0.1, -0.05) is 0 Å². The number of carbonyl (C=O) groups is 1. The number of ether oxygens (including phenoxy) is 1. The van der Waals surface area contributed by atoms with Gasteiger partial charge in [-0.15, -0.1) is 0 Å². The fourth-order valence-corrected chi connectivity index (χ4v) is 5.96. The lowest BCUT2D eigenvalue weighted by molar-refractivity contribution is -0.120. The largest absolute Gasteiger partial charge is 0.381 e. The van der Waals surface area contributed by atoms with Crippen LogP contribution in [0.15, 0.2) is 41.9 Å². The smallest absolute Gasteiger partial charge is 0.250 e. The molecule has 1 atom stereocenters. The number of pyridine rings is 1. The zero-order valence-electron chi connectivity index (χ0n) is 17.4. The Morgan fingerprint density at radius 2 is 1.94 bits per heavy atom. The summed E-state index contributed by atoms with van der Waals surface area (Å²) in [6, 6.07) is 0.846. The number of amides is 1. The van der Waals surface area contributed by atoms with Gasteiger partial charge >= 0.3 is 0 Å². The molecule has 1 N–H and O–H groups in total. The highest BCUT2D eigenvalue weighted by Crippen LogP contribution is 2.37. The average Bonchev–Trinajstić information content (AvgIpc) is 3.59. The fourth-order valence-electron chi connectivity index (χ4n) is 4.15. The summed E-state index contributed by atoms with van der Waals surface area (Å²) in [6.45, 7) is 1.32. The number of hydrogen-bond donors (Lipinski definition) is 1. The lowest BCUT2D eigenvalue weighted by Crippen LogP contribution is -2.30. The van der Waals surface area contributed by atoms with Gasteiger partial charge < -0.3 is 10.1 Å². The Kier molecular flexibility index (Phi) is 5.60. The first kappa shape index (κ1) is 21.0. The number of sulfone groups is 1. The summed E-state index contributed by atoms with van der Waals surface area (Å²) >= 11 is 0. The van der Waals surface area contributed by atoms with Crippen LogP contribution < -0.4 is 5.32 Å². The van der Waals surface area contributed by atoms with Crippen molar-refractivity contribution in [2.24, 2.45) is 5.92 Å². The zero-order valence-corrected chi connectivity index (χ0v) is 18.2. The van der Waals surface area contributed by atoms with Gasteiger partial charge in [0, 0.05) is 31.8 Å². The van der Waals surface area contributed by atoms with Crippen molar-refractivity contribution in [1.29, 1.82) is 0 Å². The molecule has 10 nitrogen and oxygen atoms in total. The van der Waals surface area contributed by atoms with Crippen molar-refractivity contribution < 1.29 is 17.9 Å². The zero-order chi connectivity index (χ0) is 22.1. The monoisotopic (exact) mass is 456 g/mol. The number of aromatic nitrogens is 5. The Balaban J connectivity index is 1.52. The molecule has 1 saturated carbocycles. The SMILES string of the molecule is O=C(Nc1cnccn1)[C@@H](CC1CCOCC1)n1ncc2c(S(=O)(=O)C3CC3)ccnc21. The lowest BCUT2D eigenvalue weighted by Gasteiger charge is -2.26. The van der Waals surface area contributed by atoms with Crippen LogP contribution in [0.4, 0.5) is 5.82 Å². The van der Waals surface area contributed by atoms with Crippen molar-refractivity contribution in [3.05, 3.63) is 37.1 Å². The molecule has 0 radical (unpaired) electrons. The van der Waals surface area contributed by atoms with Crippen molar-refractivity contribution in [3.8, 4) is 0 Å². The second-order valence-electron chi connectivity index (χ2n) is 8.27. The van der Waals surface area contributed by atoms with E-state index >= 15 is 0 Å². The van der Waals surface area contributed by atoms with Crippen LogP contribution in [-0.2, 0) is 19.4 Å². The van der Waals surface area contributed by atoms with E-state index in [0.717, 1.165) is 12.8 Å². The first-order valence-electron chi connectivity index (χ1n) is 10.7. The third kappa shape index (κ3) is 4.09. The molecule has 1 amide bonds. The van der Waals surface area contributed by atoms with E-state index in [1.807, 2.05) is 0 Å². The van der Waals surface area contributed by atoms with E-state index in [1.54, 1.807) is 4.68 Å². The number of hydrogen-bond acceptors (Lipinski definition) is 8. The van der Waals surface area contributed by atoms with Gasteiger partial charge in [-0.25, -0.2) is 23.1 Å². The molecule has 1 aliphatic carbocycles.